The number of amides is 2. The Morgan fingerprint density at radius 1 is 1.53 bits per heavy atom. The van der Waals surface area contributed by atoms with Crippen molar-refractivity contribution in [3.05, 3.63) is 0 Å². The Labute approximate surface area is 118 Å². The fourth-order valence-electron chi connectivity index (χ4n) is 2.21. The van der Waals surface area contributed by atoms with Crippen LogP contribution in [0.2, 0.25) is 0 Å². The number of hydrogen-bond acceptors (Lipinski definition) is 4. The number of oxime groups is 1. The molecule has 1 heterocycles. The Hall–Kier alpha value is -1.11. The van der Waals surface area contributed by atoms with Gasteiger partial charge >= 0.3 is 6.03 Å². The third kappa shape index (κ3) is 3.92. The molecule has 4 N–H and O–H groups in total. The molecule has 19 heavy (non-hydrogen) atoms. The van der Waals surface area contributed by atoms with Gasteiger partial charge in [0.15, 0.2) is 5.84 Å². The largest absolute Gasteiger partial charge is 0.409 e. The maximum Gasteiger partial charge on any atom is 0.317 e. The normalized spacial score (nSPS) is 19.3. The Morgan fingerprint density at radius 2 is 2.16 bits per heavy atom. The highest BCUT2D eigenvalue weighted by Gasteiger charge is 2.39. The third-order valence-electron chi connectivity index (χ3n) is 3.63. The van der Waals surface area contributed by atoms with E-state index in [0.717, 1.165) is 19.4 Å². The van der Waals surface area contributed by atoms with Crippen molar-refractivity contribution in [2.24, 2.45) is 10.9 Å². The van der Waals surface area contributed by atoms with Crippen molar-refractivity contribution in [2.75, 3.05) is 25.9 Å². The van der Waals surface area contributed by atoms with E-state index in [4.69, 9.17) is 10.9 Å². The molecule has 0 spiro atoms. The summed E-state index contributed by atoms with van der Waals surface area (Å²) in [6.45, 7) is 4.08. The second-order valence-corrected chi connectivity index (χ2v) is 5.95. The number of thioether (sulfide) groups is 1. The third-order valence-corrected chi connectivity index (χ3v) is 5.03. The van der Waals surface area contributed by atoms with Crippen LogP contribution in [0.4, 0.5) is 4.79 Å². The van der Waals surface area contributed by atoms with Gasteiger partial charge in [-0.2, -0.15) is 11.8 Å². The first-order valence-electron chi connectivity index (χ1n) is 6.65. The molecule has 1 rings (SSSR count). The van der Waals surface area contributed by atoms with E-state index < -0.39 is 0 Å². The van der Waals surface area contributed by atoms with Crippen molar-refractivity contribution < 1.29 is 10.0 Å². The van der Waals surface area contributed by atoms with E-state index in [-0.39, 0.29) is 16.6 Å². The Morgan fingerprint density at radius 3 is 2.63 bits per heavy atom. The van der Waals surface area contributed by atoms with Crippen LogP contribution in [0.3, 0.4) is 0 Å². The highest BCUT2D eigenvalue weighted by molar-refractivity contribution is 8.00. The summed E-state index contributed by atoms with van der Waals surface area (Å²) in [5.41, 5.74) is 5.77. The quantitative estimate of drug-likeness (QED) is 0.235. The van der Waals surface area contributed by atoms with Crippen molar-refractivity contribution in [1.82, 2.24) is 10.2 Å². The minimum atomic E-state index is -0.338. The average Bonchev–Trinajstić information content (AvgIpc) is 2.46. The molecular formula is C12H24N4O2S. The highest BCUT2D eigenvalue weighted by Crippen LogP contribution is 2.34. The van der Waals surface area contributed by atoms with Crippen LogP contribution >= 0.6 is 11.8 Å². The molecule has 6 nitrogen and oxygen atoms in total. The number of amidine groups is 1. The Bertz CT molecular complexity index is 328. The van der Waals surface area contributed by atoms with Crippen LogP contribution in [0.5, 0.6) is 0 Å². The monoisotopic (exact) mass is 288 g/mol. The number of unbranched alkanes of at least 4 members (excludes halogenated alkanes) is 1. The van der Waals surface area contributed by atoms with E-state index >= 15 is 0 Å². The van der Waals surface area contributed by atoms with Crippen LogP contribution in [0.25, 0.3) is 0 Å². The molecule has 0 aromatic carbocycles. The van der Waals surface area contributed by atoms with Gasteiger partial charge in [0.1, 0.15) is 0 Å². The molecule has 0 bridgehead atoms. The summed E-state index contributed by atoms with van der Waals surface area (Å²) in [5.74, 6) is 0.256. The van der Waals surface area contributed by atoms with Crippen molar-refractivity contribution >= 4 is 23.6 Å². The summed E-state index contributed by atoms with van der Waals surface area (Å²) in [7, 11) is 0. The van der Waals surface area contributed by atoms with Gasteiger partial charge in [0.2, 0.25) is 0 Å². The lowest BCUT2D eigenvalue weighted by molar-refractivity contribution is 0.183. The van der Waals surface area contributed by atoms with Gasteiger partial charge in [-0.05, 0) is 25.5 Å². The molecule has 0 unspecified atom stereocenters. The fraction of sp³-hybridized carbons (Fsp3) is 0.833. The van der Waals surface area contributed by atoms with Gasteiger partial charge in [-0.1, -0.05) is 18.5 Å². The first kappa shape index (κ1) is 15.9. The van der Waals surface area contributed by atoms with Gasteiger partial charge in [0.05, 0.1) is 4.75 Å². The second kappa shape index (κ2) is 7.47. The SMILES string of the molecule is CCCCNC(=O)N1CCC(SC)(C(N)=NO)CC1. The highest BCUT2D eigenvalue weighted by atomic mass is 32.2. The van der Waals surface area contributed by atoms with Gasteiger partial charge in [-0.25, -0.2) is 4.79 Å². The minimum absolute atomic E-state index is 0.0114. The number of hydrogen-bond donors (Lipinski definition) is 3. The maximum atomic E-state index is 11.9. The van der Waals surface area contributed by atoms with Gasteiger partial charge < -0.3 is 21.2 Å². The zero-order valence-electron chi connectivity index (χ0n) is 11.7. The minimum Gasteiger partial charge on any atom is -0.409 e. The molecule has 2 amide bonds. The number of carbonyl (C=O) groups is 1. The summed E-state index contributed by atoms with van der Waals surface area (Å²) in [5, 5.41) is 14.9. The number of piperidine rings is 1. The number of nitrogens with one attached hydrogen (secondary N) is 1. The molecule has 0 aromatic heterocycles. The van der Waals surface area contributed by atoms with E-state index in [1.54, 1.807) is 16.7 Å². The standard InChI is InChI=1S/C12H24N4O2S/c1-3-4-7-14-11(17)16-8-5-12(19-2,6-9-16)10(13)15-18/h18H,3-9H2,1-2H3,(H2,13,15)(H,14,17). The zero-order chi connectivity index (χ0) is 14.3. The smallest absolute Gasteiger partial charge is 0.317 e. The van der Waals surface area contributed by atoms with Crippen LogP contribution in [-0.2, 0) is 0 Å². The summed E-state index contributed by atoms with van der Waals surface area (Å²) < 4.78 is -0.338. The second-order valence-electron chi connectivity index (χ2n) is 4.76. The summed E-state index contributed by atoms with van der Waals surface area (Å²) in [6.07, 6.45) is 5.45. The van der Waals surface area contributed by atoms with Gasteiger partial charge in [-0.15, -0.1) is 0 Å². The molecule has 1 saturated heterocycles. The predicted molar refractivity (Wildman–Crippen MR) is 78.8 cm³/mol. The van der Waals surface area contributed by atoms with E-state index in [1.165, 1.54) is 0 Å². The molecule has 0 aromatic rings. The molecule has 0 aliphatic carbocycles. The van der Waals surface area contributed by atoms with E-state index in [0.29, 0.717) is 25.9 Å². The van der Waals surface area contributed by atoms with Crippen LogP contribution in [-0.4, -0.2) is 52.6 Å². The molecule has 110 valence electrons. The van der Waals surface area contributed by atoms with Crippen LogP contribution in [0.15, 0.2) is 5.16 Å². The van der Waals surface area contributed by atoms with Crippen molar-refractivity contribution in [2.45, 2.75) is 37.4 Å². The number of nitrogens with zero attached hydrogens (tertiary/aromatic N) is 2. The van der Waals surface area contributed by atoms with E-state index in [9.17, 15) is 4.79 Å². The average molecular weight is 288 g/mol. The van der Waals surface area contributed by atoms with Crippen LogP contribution in [0, 0.1) is 0 Å². The molecule has 7 heteroatoms. The Kier molecular flexibility index (Phi) is 6.27. The lowest BCUT2D eigenvalue weighted by atomic mass is 9.94. The first-order valence-corrected chi connectivity index (χ1v) is 7.88. The number of carbonyl (C=O) groups excluding carboxylic acids is 1. The van der Waals surface area contributed by atoms with E-state index in [1.807, 2.05) is 6.26 Å². The van der Waals surface area contributed by atoms with Crippen molar-refractivity contribution in [3.8, 4) is 0 Å². The summed E-state index contributed by atoms with van der Waals surface area (Å²) in [4.78, 5) is 13.7. The maximum absolute atomic E-state index is 11.9. The molecular weight excluding hydrogens is 264 g/mol. The Balaban J connectivity index is 2.49. The zero-order valence-corrected chi connectivity index (χ0v) is 12.5. The number of urea groups is 1. The molecule has 1 aliphatic rings. The molecule has 0 radical (unpaired) electrons. The van der Waals surface area contributed by atoms with Crippen molar-refractivity contribution in [1.29, 1.82) is 0 Å². The van der Waals surface area contributed by atoms with Crippen molar-refractivity contribution in [3.63, 3.8) is 0 Å². The number of likely N-dealkylation sites (tertiary alicyclic amines) is 1. The summed E-state index contributed by atoms with van der Waals surface area (Å²) >= 11 is 1.59. The van der Waals surface area contributed by atoms with E-state index in [2.05, 4.69) is 17.4 Å². The number of nitrogens with two attached hydrogens (primary N) is 1. The number of rotatable bonds is 5. The molecule has 0 atom stereocenters. The lowest BCUT2D eigenvalue weighted by Crippen LogP contribution is -2.53. The fourth-order valence-corrected chi connectivity index (χ4v) is 3.05. The van der Waals surface area contributed by atoms with Gasteiger partial charge in [0.25, 0.3) is 0 Å². The first-order chi connectivity index (χ1) is 9.09. The van der Waals surface area contributed by atoms with Gasteiger partial charge in [0, 0.05) is 19.6 Å². The summed E-state index contributed by atoms with van der Waals surface area (Å²) in [6, 6.07) is -0.0114. The topological polar surface area (TPSA) is 91.0 Å². The van der Waals surface area contributed by atoms with Gasteiger partial charge in [-0.3, -0.25) is 0 Å². The molecule has 1 fully saturated rings. The van der Waals surface area contributed by atoms with Crippen LogP contribution < -0.4 is 11.1 Å². The predicted octanol–water partition coefficient (Wildman–Crippen LogP) is 1.44. The lowest BCUT2D eigenvalue weighted by Gasteiger charge is -2.39. The van der Waals surface area contributed by atoms with Crippen LogP contribution in [0.1, 0.15) is 32.6 Å². The molecule has 0 saturated carbocycles. The molecule has 1 aliphatic heterocycles.